The number of rotatable bonds is 2. The van der Waals surface area contributed by atoms with E-state index in [9.17, 15) is 0 Å². The fourth-order valence-corrected chi connectivity index (χ4v) is 1.28. The van der Waals surface area contributed by atoms with Crippen molar-refractivity contribution in [2.24, 2.45) is 10.9 Å². The molecule has 4 nitrogen and oxygen atoms in total. The van der Waals surface area contributed by atoms with Crippen LogP contribution < -0.4 is 0 Å². The highest BCUT2D eigenvalue weighted by Gasteiger charge is 2.23. The van der Waals surface area contributed by atoms with E-state index in [1.54, 1.807) is 18.6 Å². The predicted octanol–water partition coefficient (Wildman–Crippen LogP) is 1.28. The second kappa shape index (κ2) is 3.74. The molecule has 0 spiro atoms. The van der Waals surface area contributed by atoms with E-state index in [0.29, 0.717) is 18.4 Å². The molecule has 1 atom stereocenters. The third-order valence-electron chi connectivity index (χ3n) is 2.23. The molecule has 14 heavy (non-hydrogen) atoms. The van der Waals surface area contributed by atoms with Crippen LogP contribution in [0.1, 0.15) is 19.5 Å². The third-order valence-corrected chi connectivity index (χ3v) is 2.23. The van der Waals surface area contributed by atoms with Crippen LogP contribution >= 0.6 is 0 Å². The standard InChI is InChI=1S/C10H13N3O/c1-7(2)9-6-14-10(13-9)8-5-11-3-4-12-8/h3-5,7,9H,6H2,1-2H3. The first-order chi connectivity index (χ1) is 6.77. The van der Waals surface area contributed by atoms with E-state index < -0.39 is 0 Å². The van der Waals surface area contributed by atoms with Crippen LogP contribution in [0.5, 0.6) is 0 Å². The van der Waals surface area contributed by atoms with Crippen molar-refractivity contribution < 1.29 is 4.74 Å². The third kappa shape index (κ3) is 1.73. The van der Waals surface area contributed by atoms with Crippen LogP contribution in [0.2, 0.25) is 0 Å². The van der Waals surface area contributed by atoms with Gasteiger partial charge in [0.15, 0.2) is 0 Å². The molecular formula is C10H13N3O. The van der Waals surface area contributed by atoms with Crippen molar-refractivity contribution in [3.05, 3.63) is 24.3 Å². The molecule has 0 radical (unpaired) electrons. The molecule has 4 heteroatoms. The Hall–Kier alpha value is -1.45. The average molecular weight is 191 g/mol. The Balaban J connectivity index is 2.18. The molecule has 1 aliphatic heterocycles. The zero-order valence-electron chi connectivity index (χ0n) is 8.34. The Morgan fingerprint density at radius 2 is 2.29 bits per heavy atom. The first-order valence-corrected chi connectivity index (χ1v) is 4.74. The highest BCUT2D eigenvalue weighted by molar-refractivity contribution is 5.92. The average Bonchev–Trinajstić information content (AvgIpc) is 2.68. The van der Waals surface area contributed by atoms with Gasteiger partial charge in [0.25, 0.3) is 0 Å². The summed E-state index contributed by atoms with van der Waals surface area (Å²) < 4.78 is 5.46. The molecular weight excluding hydrogens is 178 g/mol. The van der Waals surface area contributed by atoms with E-state index in [1.165, 1.54) is 0 Å². The number of hydrogen-bond acceptors (Lipinski definition) is 4. The van der Waals surface area contributed by atoms with Crippen LogP contribution in [0.25, 0.3) is 0 Å². The number of nitrogens with zero attached hydrogens (tertiary/aromatic N) is 3. The summed E-state index contributed by atoms with van der Waals surface area (Å²) in [6.07, 6.45) is 4.95. The normalized spacial score (nSPS) is 20.8. The van der Waals surface area contributed by atoms with Gasteiger partial charge in [-0.25, -0.2) is 9.98 Å². The Morgan fingerprint density at radius 1 is 1.43 bits per heavy atom. The molecule has 1 aromatic rings. The monoisotopic (exact) mass is 191 g/mol. The molecule has 0 aliphatic carbocycles. The molecule has 0 saturated heterocycles. The van der Waals surface area contributed by atoms with Gasteiger partial charge in [-0.15, -0.1) is 0 Å². The summed E-state index contributed by atoms with van der Waals surface area (Å²) >= 11 is 0. The Morgan fingerprint density at radius 3 is 2.86 bits per heavy atom. The maximum absolute atomic E-state index is 5.46. The summed E-state index contributed by atoms with van der Waals surface area (Å²) in [5, 5.41) is 0. The minimum absolute atomic E-state index is 0.256. The van der Waals surface area contributed by atoms with Crippen molar-refractivity contribution >= 4 is 5.90 Å². The highest BCUT2D eigenvalue weighted by Crippen LogP contribution is 2.15. The topological polar surface area (TPSA) is 47.4 Å². The molecule has 1 unspecified atom stereocenters. The fraction of sp³-hybridized carbons (Fsp3) is 0.500. The molecule has 0 fully saturated rings. The Labute approximate surface area is 83.1 Å². The molecule has 1 aliphatic rings. The van der Waals surface area contributed by atoms with Crippen LogP contribution in [0.15, 0.2) is 23.6 Å². The summed E-state index contributed by atoms with van der Waals surface area (Å²) in [5.74, 6) is 1.13. The van der Waals surface area contributed by atoms with Gasteiger partial charge in [-0.3, -0.25) is 4.98 Å². The lowest BCUT2D eigenvalue weighted by Crippen LogP contribution is -2.13. The molecule has 0 aromatic carbocycles. The van der Waals surface area contributed by atoms with E-state index in [4.69, 9.17) is 4.74 Å². The van der Waals surface area contributed by atoms with Crippen LogP contribution in [0.4, 0.5) is 0 Å². The molecule has 0 saturated carbocycles. The lowest BCUT2D eigenvalue weighted by atomic mass is 10.1. The molecule has 1 aromatic heterocycles. The maximum atomic E-state index is 5.46. The number of aromatic nitrogens is 2. The molecule has 2 rings (SSSR count). The quantitative estimate of drug-likeness (QED) is 0.707. The van der Waals surface area contributed by atoms with Crippen molar-refractivity contribution in [1.29, 1.82) is 0 Å². The van der Waals surface area contributed by atoms with E-state index >= 15 is 0 Å². The zero-order chi connectivity index (χ0) is 9.97. The lowest BCUT2D eigenvalue weighted by molar-refractivity contribution is 0.291. The van der Waals surface area contributed by atoms with E-state index in [2.05, 4.69) is 28.8 Å². The van der Waals surface area contributed by atoms with Gasteiger partial charge in [-0.1, -0.05) is 13.8 Å². The second-order valence-electron chi connectivity index (χ2n) is 3.65. The molecule has 0 amide bonds. The van der Waals surface area contributed by atoms with E-state index in [1.807, 2.05) is 0 Å². The van der Waals surface area contributed by atoms with Crippen molar-refractivity contribution in [2.45, 2.75) is 19.9 Å². The van der Waals surface area contributed by atoms with Crippen molar-refractivity contribution in [1.82, 2.24) is 9.97 Å². The fourth-order valence-electron chi connectivity index (χ4n) is 1.28. The molecule has 2 heterocycles. The van der Waals surface area contributed by atoms with Crippen molar-refractivity contribution in [2.75, 3.05) is 6.61 Å². The SMILES string of the molecule is CC(C)C1COC(c2cnccn2)=N1. The van der Waals surface area contributed by atoms with Gasteiger partial charge in [0.1, 0.15) is 12.3 Å². The van der Waals surface area contributed by atoms with Gasteiger partial charge in [-0.05, 0) is 5.92 Å². The van der Waals surface area contributed by atoms with Crippen LogP contribution in [-0.2, 0) is 4.74 Å². The number of aliphatic imine (C=N–C) groups is 1. The first-order valence-electron chi connectivity index (χ1n) is 4.74. The van der Waals surface area contributed by atoms with Gasteiger partial charge >= 0.3 is 0 Å². The van der Waals surface area contributed by atoms with Gasteiger partial charge in [0.2, 0.25) is 5.90 Å². The van der Waals surface area contributed by atoms with Crippen LogP contribution in [0, 0.1) is 5.92 Å². The summed E-state index contributed by atoms with van der Waals surface area (Å²) in [6, 6.07) is 0.256. The van der Waals surface area contributed by atoms with Gasteiger partial charge in [0, 0.05) is 12.4 Å². The second-order valence-corrected chi connectivity index (χ2v) is 3.65. The van der Waals surface area contributed by atoms with Gasteiger partial charge in [-0.2, -0.15) is 0 Å². The largest absolute Gasteiger partial charge is 0.474 e. The first kappa shape index (κ1) is 9.12. The van der Waals surface area contributed by atoms with Crippen LogP contribution in [0.3, 0.4) is 0 Å². The molecule has 0 N–H and O–H groups in total. The number of ether oxygens (including phenoxy) is 1. The zero-order valence-corrected chi connectivity index (χ0v) is 8.34. The van der Waals surface area contributed by atoms with Crippen molar-refractivity contribution in [3.63, 3.8) is 0 Å². The minimum atomic E-state index is 0.256. The van der Waals surface area contributed by atoms with E-state index in [-0.39, 0.29) is 6.04 Å². The summed E-state index contributed by atoms with van der Waals surface area (Å²) in [7, 11) is 0. The Bertz CT molecular complexity index is 334. The Kier molecular flexibility index (Phi) is 2.43. The maximum Gasteiger partial charge on any atom is 0.237 e. The lowest BCUT2D eigenvalue weighted by Gasteiger charge is -2.06. The minimum Gasteiger partial charge on any atom is -0.474 e. The van der Waals surface area contributed by atoms with Crippen molar-refractivity contribution in [3.8, 4) is 0 Å². The van der Waals surface area contributed by atoms with Crippen LogP contribution in [-0.4, -0.2) is 28.5 Å². The summed E-state index contributed by atoms with van der Waals surface area (Å²) in [5.41, 5.74) is 0.718. The molecule has 0 bridgehead atoms. The van der Waals surface area contributed by atoms with E-state index in [0.717, 1.165) is 5.69 Å². The predicted molar refractivity (Wildman–Crippen MR) is 53.1 cm³/mol. The molecule has 74 valence electrons. The van der Waals surface area contributed by atoms with Gasteiger partial charge in [0.05, 0.1) is 12.2 Å². The summed E-state index contributed by atoms with van der Waals surface area (Å²) in [4.78, 5) is 12.6. The summed E-state index contributed by atoms with van der Waals surface area (Å²) in [6.45, 7) is 4.93. The number of hydrogen-bond donors (Lipinski definition) is 0. The smallest absolute Gasteiger partial charge is 0.237 e. The van der Waals surface area contributed by atoms with Gasteiger partial charge < -0.3 is 4.74 Å². The highest BCUT2D eigenvalue weighted by atomic mass is 16.5.